The molecule has 0 radical (unpaired) electrons. The molecule has 0 aromatic carbocycles. The van der Waals surface area contributed by atoms with Crippen LogP contribution < -0.4 is 10.0 Å². The number of carbonyl (C=O) groups excluding carboxylic acids is 5. The van der Waals surface area contributed by atoms with Crippen molar-refractivity contribution in [3.63, 3.8) is 0 Å². The summed E-state index contributed by atoms with van der Waals surface area (Å²) in [5.74, 6) is -1.98. The minimum Gasteiger partial charge on any atom is -0.345 e. The Bertz CT molecular complexity index is 1800. The second kappa shape index (κ2) is 15.5. The fraction of sp³-hybridized carbons (Fsp3) is 0.894. The molecule has 7 atom stereocenters. The average Bonchev–Trinajstić information content (AvgIpc) is 4.09. The molecule has 0 aromatic rings. The highest BCUT2D eigenvalue weighted by Gasteiger charge is 2.85. The van der Waals surface area contributed by atoms with E-state index < -0.39 is 49.5 Å². The highest BCUT2D eigenvalue weighted by atomic mass is 32.2. The number of sulfonamides is 1. The fourth-order valence-electron chi connectivity index (χ4n) is 13.2. The SMILES string of the molecule is CC[C@@H]1C[C@]1(CC(=O)[C@@H]1C[C@@]2(CN1C(=O)[C@@H](CC(=O)[C@@H](NC(=O)[C@@H]1CCCCN1C(C)C)C1CCCCC1)C(C)(C)C)C(C)(C)C21CCC1)C(=O)NS(=O)(=O)C1(C)CC1. The van der Waals surface area contributed by atoms with Crippen molar-refractivity contribution < 1.29 is 32.4 Å². The van der Waals surface area contributed by atoms with Crippen molar-refractivity contribution in [2.24, 2.45) is 44.8 Å². The molecule has 0 bridgehead atoms. The number of fused-ring (bicyclic) bond motifs is 1. The summed E-state index contributed by atoms with van der Waals surface area (Å²) in [6.07, 6.45) is 13.4. The van der Waals surface area contributed by atoms with Crippen molar-refractivity contribution in [1.82, 2.24) is 19.8 Å². The summed E-state index contributed by atoms with van der Waals surface area (Å²) < 4.78 is 27.9. The largest absolute Gasteiger partial charge is 0.345 e. The third-order valence-electron chi connectivity index (χ3n) is 18.0. The summed E-state index contributed by atoms with van der Waals surface area (Å²) in [4.78, 5) is 77.2. The van der Waals surface area contributed by atoms with Gasteiger partial charge in [0.15, 0.2) is 11.6 Å². The summed E-state index contributed by atoms with van der Waals surface area (Å²) in [5, 5.41) is 3.29. The highest BCUT2D eigenvalue weighted by molar-refractivity contribution is 7.91. The normalized spacial score (nSPS) is 33.3. The van der Waals surface area contributed by atoms with Gasteiger partial charge in [0.25, 0.3) is 0 Å². The maximum atomic E-state index is 15.4. The first-order valence-electron chi connectivity index (χ1n) is 23.5. The number of hydrogen-bond acceptors (Lipinski definition) is 8. The molecular formula is C47H76N4O7S. The lowest BCUT2D eigenvalue weighted by molar-refractivity contribution is -0.147. The summed E-state index contributed by atoms with van der Waals surface area (Å²) in [5.41, 5.74) is -2.01. The number of Topliss-reactive ketones (excluding diaryl/α,β-unsaturated/α-hetero) is 2. The minimum absolute atomic E-state index is 0.0147. The van der Waals surface area contributed by atoms with Gasteiger partial charge in [-0.25, -0.2) is 8.42 Å². The second-order valence-electron chi connectivity index (χ2n) is 22.6. The molecule has 5 aliphatic carbocycles. The van der Waals surface area contributed by atoms with Gasteiger partial charge in [0.05, 0.1) is 28.3 Å². The molecule has 0 unspecified atom stereocenters. The van der Waals surface area contributed by atoms with Gasteiger partial charge in [-0.3, -0.25) is 33.6 Å². The van der Waals surface area contributed by atoms with E-state index in [1.165, 1.54) is 0 Å². The zero-order valence-electron chi connectivity index (χ0n) is 37.8. The van der Waals surface area contributed by atoms with Crippen molar-refractivity contribution in [3.8, 4) is 0 Å². The van der Waals surface area contributed by atoms with Gasteiger partial charge in [-0.1, -0.05) is 80.1 Å². The Balaban J connectivity index is 1.16. The first kappa shape index (κ1) is 44.7. The number of ketones is 2. The van der Waals surface area contributed by atoms with E-state index in [2.05, 4.69) is 42.6 Å². The Morgan fingerprint density at radius 1 is 0.814 bits per heavy atom. The van der Waals surface area contributed by atoms with Crippen LogP contribution >= 0.6 is 0 Å². The van der Waals surface area contributed by atoms with E-state index >= 15 is 4.79 Å². The van der Waals surface area contributed by atoms with Crippen LogP contribution in [0.2, 0.25) is 0 Å². The molecule has 59 heavy (non-hydrogen) atoms. The Morgan fingerprint density at radius 2 is 1.46 bits per heavy atom. The number of likely N-dealkylation sites (tertiary alicyclic amines) is 2. The van der Waals surface area contributed by atoms with Crippen molar-refractivity contribution in [2.75, 3.05) is 13.1 Å². The van der Waals surface area contributed by atoms with Crippen LogP contribution in [0.1, 0.15) is 178 Å². The van der Waals surface area contributed by atoms with Gasteiger partial charge in [-0.15, -0.1) is 0 Å². The molecule has 5 saturated carbocycles. The number of amides is 3. The van der Waals surface area contributed by atoms with Crippen LogP contribution in [0.25, 0.3) is 0 Å². The summed E-state index contributed by atoms with van der Waals surface area (Å²) >= 11 is 0. The number of rotatable bonds is 15. The molecule has 2 spiro atoms. The Hall–Kier alpha value is -2.34. The summed E-state index contributed by atoms with van der Waals surface area (Å²) in [7, 11) is -3.89. The van der Waals surface area contributed by atoms with E-state index in [0.717, 1.165) is 77.2 Å². The van der Waals surface area contributed by atoms with Crippen molar-refractivity contribution in [3.05, 3.63) is 0 Å². The molecule has 11 nitrogen and oxygen atoms in total. The third-order valence-corrected chi connectivity index (χ3v) is 20.1. The van der Waals surface area contributed by atoms with Gasteiger partial charge in [-0.2, -0.15) is 0 Å². The van der Waals surface area contributed by atoms with E-state index in [0.29, 0.717) is 38.6 Å². The molecule has 7 aliphatic rings. The van der Waals surface area contributed by atoms with E-state index in [4.69, 9.17) is 0 Å². The standard InChI is InChI=1S/C47H76N4O7S/c1-10-32-26-45(32,41(56)49-59(57,58)44(9)22-23-44)28-37(53)35-27-47(43(7,8)46(47)20-16-21-46)29-51(35)40(55)33(42(4,5)6)25-36(52)38(31-17-12-11-13-18-31)48-39(54)34-19-14-15-24-50(34)30(2)3/h30-35,38H,10-29H2,1-9H3,(H,48,54)(H,49,56)/t32-,33-,34+,35+,38+,45-,47-/m1/s1. The van der Waals surface area contributed by atoms with Crippen LogP contribution in [-0.4, -0.2) is 89.5 Å². The number of piperidine rings is 1. The quantitative estimate of drug-likeness (QED) is 0.177. The van der Waals surface area contributed by atoms with Crippen LogP contribution in [0.15, 0.2) is 0 Å². The number of nitrogens with one attached hydrogen (secondary N) is 2. The topological polar surface area (TPSA) is 150 Å². The van der Waals surface area contributed by atoms with Gasteiger partial charge in [-0.05, 0) is 120 Å². The van der Waals surface area contributed by atoms with E-state index in [1.54, 1.807) is 11.8 Å². The monoisotopic (exact) mass is 841 g/mol. The van der Waals surface area contributed by atoms with Crippen LogP contribution in [0, 0.1) is 44.8 Å². The molecule has 2 saturated heterocycles. The maximum Gasteiger partial charge on any atom is 0.240 e. The Kier molecular flexibility index (Phi) is 11.7. The smallest absolute Gasteiger partial charge is 0.240 e. The first-order chi connectivity index (χ1) is 27.5. The molecule has 7 fully saturated rings. The Labute approximate surface area is 355 Å². The zero-order valence-corrected chi connectivity index (χ0v) is 38.7. The zero-order chi connectivity index (χ0) is 43.1. The van der Waals surface area contributed by atoms with Gasteiger partial charge in [0, 0.05) is 36.8 Å². The van der Waals surface area contributed by atoms with Crippen molar-refractivity contribution in [1.29, 1.82) is 0 Å². The highest BCUT2D eigenvalue weighted by Crippen LogP contribution is 2.88. The molecule has 12 heteroatoms. The van der Waals surface area contributed by atoms with Gasteiger partial charge < -0.3 is 10.2 Å². The molecular weight excluding hydrogens is 765 g/mol. The van der Waals surface area contributed by atoms with Crippen LogP contribution in [-0.2, 0) is 34.0 Å². The van der Waals surface area contributed by atoms with Crippen LogP contribution in [0.5, 0.6) is 0 Å². The molecule has 3 amide bonds. The summed E-state index contributed by atoms with van der Waals surface area (Å²) in [6.45, 7) is 19.7. The Morgan fingerprint density at radius 3 is 1.98 bits per heavy atom. The van der Waals surface area contributed by atoms with Gasteiger partial charge in [0.2, 0.25) is 27.7 Å². The number of carbonyl (C=O) groups is 5. The van der Waals surface area contributed by atoms with Gasteiger partial charge in [0.1, 0.15) is 0 Å². The minimum atomic E-state index is -3.89. The van der Waals surface area contributed by atoms with Gasteiger partial charge >= 0.3 is 0 Å². The third kappa shape index (κ3) is 7.45. The van der Waals surface area contributed by atoms with E-state index in [-0.39, 0.29) is 76.4 Å². The van der Waals surface area contributed by atoms with Crippen LogP contribution in [0.4, 0.5) is 0 Å². The number of nitrogens with zero attached hydrogens (tertiary/aromatic N) is 2. The summed E-state index contributed by atoms with van der Waals surface area (Å²) in [6, 6.07) is -1.50. The predicted octanol–water partition coefficient (Wildman–Crippen LogP) is 7.11. The molecule has 2 heterocycles. The molecule has 7 rings (SSSR count). The first-order valence-corrected chi connectivity index (χ1v) is 25.0. The molecule has 0 aromatic heterocycles. The predicted molar refractivity (Wildman–Crippen MR) is 228 cm³/mol. The lowest BCUT2D eigenvalue weighted by Crippen LogP contribution is -2.57. The van der Waals surface area contributed by atoms with E-state index in [1.807, 2.05) is 27.7 Å². The maximum absolute atomic E-state index is 15.4. The number of hydrogen-bond donors (Lipinski definition) is 2. The molecule has 2 N–H and O–H groups in total. The van der Waals surface area contributed by atoms with Crippen molar-refractivity contribution in [2.45, 2.75) is 207 Å². The molecule has 332 valence electrons. The van der Waals surface area contributed by atoms with Crippen LogP contribution in [0.3, 0.4) is 0 Å². The van der Waals surface area contributed by atoms with Crippen molar-refractivity contribution >= 4 is 39.3 Å². The fourth-order valence-corrected chi connectivity index (χ4v) is 14.5. The second-order valence-corrected chi connectivity index (χ2v) is 24.8. The average molecular weight is 841 g/mol. The molecule has 2 aliphatic heterocycles. The van der Waals surface area contributed by atoms with E-state index in [9.17, 15) is 27.6 Å². The lowest BCUT2D eigenvalue weighted by Gasteiger charge is -2.40. The lowest BCUT2D eigenvalue weighted by atomic mass is 9.73.